The molecule has 0 aliphatic rings. The first kappa shape index (κ1) is 19.3. The number of nitrogens with one attached hydrogen (secondary N) is 1. The van der Waals surface area contributed by atoms with Crippen molar-refractivity contribution >= 4 is 35.0 Å². The second-order valence-electron chi connectivity index (χ2n) is 5.40. The van der Waals surface area contributed by atoms with Crippen LogP contribution in [0, 0.1) is 13.8 Å². The Labute approximate surface area is 154 Å². The van der Waals surface area contributed by atoms with Crippen molar-refractivity contribution in [2.24, 2.45) is 0 Å². The Balaban J connectivity index is 1.62. The summed E-state index contributed by atoms with van der Waals surface area (Å²) in [5.74, 6) is -0.230. The Hall–Kier alpha value is -2.06. The molecule has 1 amide bonds. The van der Waals surface area contributed by atoms with Crippen molar-refractivity contribution in [2.75, 3.05) is 18.9 Å². The molecule has 25 heavy (non-hydrogen) atoms. The zero-order valence-electron chi connectivity index (χ0n) is 14.1. The summed E-state index contributed by atoms with van der Waals surface area (Å²) in [7, 11) is 0. The number of benzene rings is 1. The van der Waals surface area contributed by atoms with E-state index in [1.54, 1.807) is 24.1 Å². The molecule has 0 saturated heterocycles. The van der Waals surface area contributed by atoms with Gasteiger partial charge in [-0.2, -0.15) is 0 Å². The molecule has 1 aromatic heterocycles. The number of hydrogen-bond acceptors (Lipinski definition) is 6. The van der Waals surface area contributed by atoms with Crippen LogP contribution in [-0.4, -0.2) is 35.3 Å². The van der Waals surface area contributed by atoms with Gasteiger partial charge in [-0.25, -0.2) is 0 Å². The van der Waals surface area contributed by atoms with Crippen molar-refractivity contribution in [3.8, 4) is 0 Å². The number of rotatable bonds is 8. The number of carbonyl (C=O) groups excluding carboxylic acids is 2. The maximum Gasteiger partial charge on any atom is 0.326 e. The lowest BCUT2D eigenvalue weighted by molar-refractivity contribution is -0.149. The Morgan fingerprint density at radius 2 is 1.96 bits per heavy atom. The molecule has 2 aromatic rings. The fourth-order valence-corrected chi connectivity index (χ4v) is 3.46. The summed E-state index contributed by atoms with van der Waals surface area (Å²) in [6.45, 7) is 3.74. The van der Waals surface area contributed by atoms with E-state index in [9.17, 15) is 14.4 Å². The predicted molar refractivity (Wildman–Crippen MR) is 99.2 cm³/mol. The van der Waals surface area contributed by atoms with Gasteiger partial charge in [0.1, 0.15) is 6.54 Å². The van der Waals surface area contributed by atoms with Gasteiger partial charge >= 0.3 is 10.8 Å². The van der Waals surface area contributed by atoms with E-state index in [2.05, 4.69) is 5.32 Å². The second kappa shape index (κ2) is 9.43. The number of carbonyl (C=O) groups is 2. The quantitative estimate of drug-likeness (QED) is 0.430. The van der Waals surface area contributed by atoms with Crippen LogP contribution in [0.2, 0.25) is 0 Å². The molecule has 134 valence electrons. The summed E-state index contributed by atoms with van der Waals surface area (Å²) < 4.78 is 6.23. The minimum Gasteiger partial charge on any atom is -0.454 e. The van der Waals surface area contributed by atoms with Gasteiger partial charge in [0, 0.05) is 28.3 Å². The van der Waals surface area contributed by atoms with Crippen LogP contribution in [0.5, 0.6) is 0 Å². The number of aromatic nitrogens is 1. The first-order chi connectivity index (χ1) is 12.0. The van der Waals surface area contributed by atoms with Gasteiger partial charge in [0.25, 0.3) is 5.91 Å². The molecule has 0 unspecified atom stereocenters. The normalized spacial score (nSPS) is 10.5. The number of hydrogen-bond donors (Lipinski definition) is 1. The minimum atomic E-state index is -0.604. The SMILES string of the molecule is Cc1ccc(SCCNC(=O)COC(=O)Cn2c(C)csc2=O)cc1. The van der Waals surface area contributed by atoms with Crippen molar-refractivity contribution in [3.05, 3.63) is 50.6 Å². The van der Waals surface area contributed by atoms with Gasteiger partial charge in [-0.05, 0) is 26.0 Å². The molecule has 0 radical (unpaired) electrons. The summed E-state index contributed by atoms with van der Waals surface area (Å²) in [5.41, 5.74) is 1.91. The molecule has 1 N–H and O–H groups in total. The van der Waals surface area contributed by atoms with Crippen LogP contribution in [0.4, 0.5) is 0 Å². The maximum atomic E-state index is 11.7. The number of nitrogens with zero attached hydrogens (tertiary/aromatic N) is 1. The number of thioether (sulfide) groups is 1. The van der Waals surface area contributed by atoms with E-state index >= 15 is 0 Å². The summed E-state index contributed by atoms with van der Waals surface area (Å²) >= 11 is 2.67. The van der Waals surface area contributed by atoms with Gasteiger partial charge in [-0.15, -0.1) is 11.8 Å². The minimum absolute atomic E-state index is 0.176. The summed E-state index contributed by atoms with van der Waals surface area (Å²) in [6.07, 6.45) is 0. The van der Waals surface area contributed by atoms with E-state index in [4.69, 9.17) is 4.74 Å². The van der Waals surface area contributed by atoms with Crippen molar-refractivity contribution in [1.29, 1.82) is 0 Å². The third-order valence-corrected chi connectivity index (χ3v) is 5.24. The van der Waals surface area contributed by atoms with E-state index in [1.165, 1.54) is 10.1 Å². The van der Waals surface area contributed by atoms with Crippen LogP contribution in [-0.2, 0) is 20.9 Å². The number of amides is 1. The lowest BCUT2D eigenvalue weighted by Gasteiger charge is -2.07. The van der Waals surface area contributed by atoms with Crippen LogP contribution >= 0.6 is 23.1 Å². The highest BCUT2D eigenvalue weighted by Crippen LogP contribution is 2.17. The molecule has 0 fully saturated rings. The molecule has 0 bridgehead atoms. The number of ether oxygens (including phenoxy) is 1. The van der Waals surface area contributed by atoms with Gasteiger partial charge < -0.3 is 10.1 Å². The van der Waals surface area contributed by atoms with Crippen LogP contribution in [0.1, 0.15) is 11.3 Å². The van der Waals surface area contributed by atoms with Gasteiger partial charge in [0.05, 0.1) is 0 Å². The van der Waals surface area contributed by atoms with Crippen molar-refractivity contribution < 1.29 is 14.3 Å². The molecule has 8 heteroatoms. The molecule has 1 aromatic carbocycles. The van der Waals surface area contributed by atoms with Gasteiger partial charge in [-0.1, -0.05) is 29.0 Å². The summed E-state index contributed by atoms with van der Waals surface area (Å²) in [5, 5.41) is 4.37. The van der Waals surface area contributed by atoms with Crippen molar-refractivity contribution in [2.45, 2.75) is 25.3 Å². The Morgan fingerprint density at radius 3 is 2.60 bits per heavy atom. The third kappa shape index (κ3) is 6.39. The molecular formula is C17H20N2O4S2. The van der Waals surface area contributed by atoms with E-state index in [-0.39, 0.29) is 23.9 Å². The first-order valence-electron chi connectivity index (χ1n) is 7.72. The monoisotopic (exact) mass is 380 g/mol. The third-order valence-electron chi connectivity index (χ3n) is 3.34. The number of aryl methyl sites for hydroxylation is 2. The van der Waals surface area contributed by atoms with Crippen molar-refractivity contribution in [3.63, 3.8) is 0 Å². The van der Waals surface area contributed by atoms with Crippen LogP contribution in [0.3, 0.4) is 0 Å². The molecule has 0 spiro atoms. The van der Waals surface area contributed by atoms with E-state index in [0.717, 1.165) is 22.0 Å². The molecule has 2 rings (SSSR count). The molecular weight excluding hydrogens is 360 g/mol. The van der Waals surface area contributed by atoms with Gasteiger partial charge in [-0.3, -0.25) is 19.0 Å². The molecule has 6 nitrogen and oxygen atoms in total. The fraction of sp³-hybridized carbons (Fsp3) is 0.353. The Bertz CT molecular complexity index is 781. The standard InChI is InChI=1S/C17H20N2O4S2/c1-12-3-5-14(6-4-12)24-8-7-18-15(20)10-23-16(21)9-19-13(2)11-25-17(19)22/h3-6,11H,7-10H2,1-2H3,(H,18,20). The average Bonchev–Trinajstić information content (AvgIpc) is 2.90. The maximum absolute atomic E-state index is 11.7. The molecule has 0 aliphatic carbocycles. The predicted octanol–water partition coefficient (Wildman–Crippen LogP) is 1.98. The number of thiazole rings is 1. The van der Waals surface area contributed by atoms with Crippen LogP contribution in [0.15, 0.2) is 39.3 Å². The van der Waals surface area contributed by atoms with Crippen LogP contribution in [0.25, 0.3) is 0 Å². The Kier molecular flexibility index (Phi) is 7.27. The zero-order chi connectivity index (χ0) is 18.2. The lowest BCUT2D eigenvalue weighted by Crippen LogP contribution is -2.31. The molecule has 0 aliphatic heterocycles. The number of esters is 1. The highest BCUT2D eigenvalue weighted by atomic mass is 32.2. The van der Waals surface area contributed by atoms with Gasteiger partial charge in [0.2, 0.25) is 0 Å². The molecule has 1 heterocycles. The fourth-order valence-electron chi connectivity index (χ4n) is 1.96. The van der Waals surface area contributed by atoms with E-state index < -0.39 is 5.97 Å². The topological polar surface area (TPSA) is 77.4 Å². The highest BCUT2D eigenvalue weighted by Gasteiger charge is 2.11. The largest absolute Gasteiger partial charge is 0.454 e. The zero-order valence-corrected chi connectivity index (χ0v) is 15.7. The Morgan fingerprint density at radius 1 is 1.24 bits per heavy atom. The molecule has 0 atom stereocenters. The van der Waals surface area contributed by atoms with Gasteiger partial charge in [0.15, 0.2) is 6.61 Å². The summed E-state index contributed by atoms with van der Waals surface area (Å²) in [6, 6.07) is 8.16. The smallest absolute Gasteiger partial charge is 0.326 e. The summed E-state index contributed by atoms with van der Waals surface area (Å²) in [4.78, 5) is 35.8. The molecule has 0 saturated carbocycles. The average molecular weight is 380 g/mol. The highest BCUT2D eigenvalue weighted by molar-refractivity contribution is 7.99. The van der Waals surface area contributed by atoms with E-state index in [0.29, 0.717) is 12.2 Å². The second-order valence-corrected chi connectivity index (χ2v) is 7.39. The lowest BCUT2D eigenvalue weighted by atomic mass is 10.2. The van der Waals surface area contributed by atoms with E-state index in [1.807, 2.05) is 31.2 Å². The van der Waals surface area contributed by atoms with Crippen LogP contribution < -0.4 is 10.2 Å². The van der Waals surface area contributed by atoms with Crippen molar-refractivity contribution in [1.82, 2.24) is 9.88 Å². The first-order valence-corrected chi connectivity index (χ1v) is 9.59.